The molecule has 4 rings (SSSR count). The van der Waals surface area contributed by atoms with Crippen LogP contribution >= 0.6 is 0 Å². The number of nitrogens with zero attached hydrogens (tertiary/aromatic N) is 2. The molecule has 1 fully saturated rings. The zero-order chi connectivity index (χ0) is 10.5. The average molecular weight is 213 g/mol. The van der Waals surface area contributed by atoms with E-state index in [4.69, 9.17) is 0 Å². The minimum absolute atomic E-state index is 0.727. The van der Waals surface area contributed by atoms with Gasteiger partial charge in [0.2, 0.25) is 0 Å². The van der Waals surface area contributed by atoms with Crippen molar-refractivity contribution in [2.24, 2.45) is 11.8 Å². The molecule has 0 radical (unpaired) electrons. The standard InChI is InChI=1S/C13H15N3/c1-2-12-8(1)7-15-13(16-12)9-3-10-5-14-6-11(10)4-9/h3,7,10-11,14H,1-2,4-6H2. The van der Waals surface area contributed by atoms with Crippen LogP contribution in [0.1, 0.15) is 23.5 Å². The third kappa shape index (κ3) is 1.18. The number of hydrogen-bond acceptors (Lipinski definition) is 3. The van der Waals surface area contributed by atoms with Gasteiger partial charge >= 0.3 is 0 Å². The predicted molar refractivity (Wildman–Crippen MR) is 61.9 cm³/mol. The van der Waals surface area contributed by atoms with Crippen LogP contribution in [-0.2, 0) is 12.8 Å². The highest BCUT2D eigenvalue weighted by Crippen LogP contribution is 2.37. The Hall–Kier alpha value is -1.22. The lowest BCUT2D eigenvalue weighted by atomic mass is 9.95. The van der Waals surface area contributed by atoms with Crippen molar-refractivity contribution in [2.75, 3.05) is 13.1 Å². The predicted octanol–water partition coefficient (Wildman–Crippen LogP) is 1.20. The van der Waals surface area contributed by atoms with Crippen molar-refractivity contribution in [3.63, 3.8) is 0 Å². The van der Waals surface area contributed by atoms with E-state index in [0.717, 1.165) is 43.6 Å². The Kier molecular flexibility index (Phi) is 1.74. The summed E-state index contributed by atoms with van der Waals surface area (Å²) in [7, 11) is 0. The molecule has 3 aliphatic rings. The molecule has 0 amide bonds. The van der Waals surface area contributed by atoms with Crippen LogP contribution in [0.25, 0.3) is 5.57 Å². The van der Waals surface area contributed by atoms with E-state index in [-0.39, 0.29) is 0 Å². The summed E-state index contributed by atoms with van der Waals surface area (Å²) in [6.07, 6.45) is 7.90. The van der Waals surface area contributed by atoms with Gasteiger partial charge in [-0.05, 0) is 48.8 Å². The fraction of sp³-hybridized carbons (Fsp3) is 0.538. The number of rotatable bonds is 1. The fourth-order valence-corrected chi connectivity index (χ4v) is 3.05. The molecule has 2 aliphatic carbocycles. The molecule has 2 unspecified atom stereocenters. The van der Waals surface area contributed by atoms with E-state index >= 15 is 0 Å². The minimum Gasteiger partial charge on any atom is -0.316 e. The third-order valence-corrected chi connectivity index (χ3v) is 4.16. The van der Waals surface area contributed by atoms with Crippen molar-refractivity contribution in [3.8, 4) is 0 Å². The van der Waals surface area contributed by atoms with Gasteiger partial charge < -0.3 is 5.32 Å². The van der Waals surface area contributed by atoms with Crippen molar-refractivity contribution in [3.05, 3.63) is 29.4 Å². The maximum absolute atomic E-state index is 4.67. The summed E-state index contributed by atoms with van der Waals surface area (Å²) < 4.78 is 0. The van der Waals surface area contributed by atoms with Gasteiger partial charge in [-0.25, -0.2) is 9.97 Å². The molecule has 16 heavy (non-hydrogen) atoms. The highest BCUT2D eigenvalue weighted by molar-refractivity contribution is 5.63. The summed E-state index contributed by atoms with van der Waals surface area (Å²) in [5, 5.41) is 3.44. The van der Waals surface area contributed by atoms with Gasteiger partial charge in [-0.3, -0.25) is 0 Å². The van der Waals surface area contributed by atoms with Crippen molar-refractivity contribution in [1.82, 2.24) is 15.3 Å². The summed E-state index contributed by atoms with van der Waals surface area (Å²) in [6, 6.07) is 0. The van der Waals surface area contributed by atoms with E-state index in [1.54, 1.807) is 0 Å². The minimum atomic E-state index is 0.727. The molecule has 1 aliphatic heterocycles. The first-order valence-corrected chi connectivity index (χ1v) is 6.17. The van der Waals surface area contributed by atoms with Crippen LogP contribution in [0.5, 0.6) is 0 Å². The van der Waals surface area contributed by atoms with Crippen molar-refractivity contribution >= 4 is 5.57 Å². The number of aryl methyl sites for hydroxylation is 2. The topological polar surface area (TPSA) is 37.8 Å². The Labute approximate surface area is 95.0 Å². The van der Waals surface area contributed by atoms with Crippen LogP contribution in [-0.4, -0.2) is 23.1 Å². The summed E-state index contributed by atoms with van der Waals surface area (Å²) in [5.41, 5.74) is 4.01. The van der Waals surface area contributed by atoms with Crippen LogP contribution in [0.2, 0.25) is 0 Å². The second-order valence-electron chi connectivity index (χ2n) is 5.14. The molecule has 82 valence electrons. The highest BCUT2D eigenvalue weighted by atomic mass is 14.9. The molecule has 3 nitrogen and oxygen atoms in total. The number of nitrogens with one attached hydrogen (secondary N) is 1. The molecule has 1 aromatic rings. The average Bonchev–Trinajstić information content (AvgIpc) is 2.79. The molecule has 0 bridgehead atoms. The smallest absolute Gasteiger partial charge is 0.154 e. The normalized spacial score (nSPS) is 30.6. The molecular formula is C13H15N3. The monoisotopic (exact) mass is 213 g/mol. The summed E-state index contributed by atoms with van der Waals surface area (Å²) in [4.78, 5) is 9.17. The molecule has 3 heteroatoms. The molecule has 1 aromatic heterocycles. The van der Waals surface area contributed by atoms with Gasteiger partial charge in [0.25, 0.3) is 0 Å². The lowest BCUT2D eigenvalue weighted by Crippen LogP contribution is -2.14. The highest BCUT2D eigenvalue weighted by Gasteiger charge is 2.33. The summed E-state index contributed by atoms with van der Waals surface area (Å²) in [5.74, 6) is 2.52. The second kappa shape index (κ2) is 3.14. The molecule has 0 saturated carbocycles. The fourth-order valence-electron chi connectivity index (χ4n) is 3.05. The van der Waals surface area contributed by atoms with Gasteiger partial charge in [-0.15, -0.1) is 0 Å². The molecule has 1 saturated heterocycles. The van der Waals surface area contributed by atoms with Crippen LogP contribution in [0.15, 0.2) is 12.3 Å². The van der Waals surface area contributed by atoms with E-state index < -0.39 is 0 Å². The van der Waals surface area contributed by atoms with E-state index in [2.05, 4.69) is 21.4 Å². The van der Waals surface area contributed by atoms with Crippen LogP contribution in [0, 0.1) is 11.8 Å². The summed E-state index contributed by atoms with van der Waals surface area (Å²) >= 11 is 0. The van der Waals surface area contributed by atoms with Gasteiger partial charge in [-0.2, -0.15) is 0 Å². The Bertz CT molecular complexity index is 478. The lowest BCUT2D eigenvalue weighted by molar-refractivity contribution is 0.536. The Morgan fingerprint density at radius 1 is 1.25 bits per heavy atom. The molecular weight excluding hydrogens is 198 g/mol. The van der Waals surface area contributed by atoms with E-state index in [1.807, 2.05) is 6.20 Å². The van der Waals surface area contributed by atoms with Crippen LogP contribution in [0.4, 0.5) is 0 Å². The number of fused-ring (bicyclic) bond motifs is 2. The van der Waals surface area contributed by atoms with Crippen LogP contribution in [0.3, 0.4) is 0 Å². The Morgan fingerprint density at radius 3 is 3.00 bits per heavy atom. The Balaban J connectivity index is 1.68. The quantitative estimate of drug-likeness (QED) is 0.761. The van der Waals surface area contributed by atoms with Crippen molar-refractivity contribution in [1.29, 1.82) is 0 Å². The van der Waals surface area contributed by atoms with Gasteiger partial charge in [0.05, 0.1) is 0 Å². The zero-order valence-corrected chi connectivity index (χ0v) is 9.24. The maximum Gasteiger partial charge on any atom is 0.154 e. The van der Waals surface area contributed by atoms with E-state index in [1.165, 1.54) is 23.3 Å². The zero-order valence-electron chi connectivity index (χ0n) is 9.24. The van der Waals surface area contributed by atoms with Crippen molar-refractivity contribution < 1.29 is 0 Å². The molecule has 2 atom stereocenters. The molecule has 2 heterocycles. The Morgan fingerprint density at radius 2 is 2.25 bits per heavy atom. The first-order valence-electron chi connectivity index (χ1n) is 6.17. The SMILES string of the molecule is C1=C(c2ncc3c(n2)CC3)CC2CNCC12. The number of allylic oxidation sites excluding steroid dienone is 1. The largest absolute Gasteiger partial charge is 0.316 e. The second-order valence-corrected chi connectivity index (χ2v) is 5.14. The lowest BCUT2D eigenvalue weighted by Gasteiger charge is -2.17. The van der Waals surface area contributed by atoms with Gasteiger partial charge in [0, 0.05) is 18.4 Å². The van der Waals surface area contributed by atoms with Gasteiger partial charge in [0.1, 0.15) is 0 Å². The van der Waals surface area contributed by atoms with Crippen molar-refractivity contribution in [2.45, 2.75) is 19.3 Å². The van der Waals surface area contributed by atoms with Gasteiger partial charge in [-0.1, -0.05) is 6.08 Å². The number of aromatic nitrogens is 2. The van der Waals surface area contributed by atoms with E-state index in [0.29, 0.717) is 0 Å². The third-order valence-electron chi connectivity index (χ3n) is 4.16. The molecule has 1 N–H and O–H groups in total. The van der Waals surface area contributed by atoms with Gasteiger partial charge in [0.15, 0.2) is 5.82 Å². The summed E-state index contributed by atoms with van der Waals surface area (Å²) in [6.45, 7) is 2.30. The van der Waals surface area contributed by atoms with Crippen LogP contribution < -0.4 is 5.32 Å². The first-order chi connectivity index (χ1) is 7.90. The first kappa shape index (κ1) is 8.88. The van der Waals surface area contributed by atoms with E-state index in [9.17, 15) is 0 Å². The molecule has 0 spiro atoms. The molecule has 0 aromatic carbocycles. The number of hydrogen-bond donors (Lipinski definition) is 1. The maximum atomic E-state index is 4.67.